The third-order valence-corrected chi connectivity index (χ3v) is 4.64. The van der Waals surface area contributed by atoms with Crippen molar-refractivity contribution >= 4 is 29.7 Å². The number of esters is 1. The maximum atomic E-state index is 12.4. The highest BCUT2D eigenvalue weighted by molar-refractivity contribution is 6.33. The van der Waals surface area contributed by atoms with E-state index in [-0.39, 0.29) is 33.4 Å². The van der Waals surface area contributed by atoms with Crippen molar-refractivity contribution in [1.29, 1.82) is 0 Å². The number of nitrogens with one attached hydrogen (secondary N) is 1. The van der Waals surface area contributed by atoms with E-state index in [1.54, 1.807) is 42.5 Å². The Kier molecular flexibility index (Phi) is 7.30. The number of aromatic hydroxyl groups is 1. The van der Waals surface area contributed by atoms with E-state index in [1.165, 1.54) is 38.6 Å². The summed E-state index contributed by atoms with van der Waals surface area (Å²) in [4.78, 5) is 24.6. The molecular weight excluding hydrogens is 436 g/mol. The van der Waals surface area contributed by atoms with Gasteiger partial charge in [0.15, 0.2) is 23.0 Å². The Morgan fingerprint density at radius 1 is 0.969 bits per heavy atom. The zero-order valence-electron chi connectivity index (χ0n) is 17.2. The topological polar surface area (TPSA) is 106 Å². The minimum atomic E-state index is -0.619. The lowest BCUT2D eigenvalue weighted by Crippen LogP contribution is -2.17. The van der Waals surface area contributed by atoms with Crippen LogP contribution in [0.25, 0.3) is 0 Å². The highest BCUT2D eigenvalue weighted by atomic mass is 35.5. The van der Waals surface area contributed by atoms with E-state index in [0.29, 0.717) is 11.3 Å². The fourth-order valence-corrected chi connectivity index (χ4v) is 2.89. The van der Waals surface area contributed by atoms with Crippen molar-refractivity contribution in [3.8, 4) is 23.0 Å². The molecule has 3 rings (SSSR count). The molecule has 3 aromatic rings. The van der Waals surface area contributed by atoms with Gasteiger partial charge in [0.05, 0.1) is 31.0 Å². The van der Waals surface area contributed by atoms with Crippen LogP contribution >= 0.6 is 11.6 Å². The minimum absolute atomic E-state index is 0.0741. The monoisotopic (exact) mass is 454 g/mol. The van der Waals surface area contributed by atoms with Crippen molar-refractivity contribution in [3.63, 3.8) is 0 Å². The lowest BCUT2D eigenvalue weighted by atomic mass is 10.2. The predicted octanol–water partition coefficient (Wildman–Crippen LogP) is 4.05. The zero-order valence-corrected chi connectivity index (χ0v) is 17.9. The summed E-state index contributed by atoms with van der Waals surface area (Å²) in [5.41, 5.74) is 3.46. The maximum Gasteiger partial charge on any atom is 0.345 e. The van der Waals surface area contributed by atoms with Crippen molar-refractivity contribution in [3.05, 3.63) is 82.4 Å². The van der Waals surface area contributed by atoms with Crippen LogP contribution in [0.1, 0.15) is 26.3 Å². The van der Waals surface area contributed by atoms with Gasteiger partial charge in [-0.15, -0.1) is 0 Å². The van der Waals surface area contributed by atoms with Crippen LogP contribution < -0.4 is 19.6 Å². The van der Waals surface area contributed by atoms with Crippen molar-refractivity contribution in [1.82, 2.24) is 5.43 Å². The lowest BCUT2D eigenvalue weighted by molar-refractivity contribution is 0.0729. The third kappa shape index (κ3) is 5.35. The molecule has 0 bridgehead atoms. The molecule has 0 radical (unpaired) electrons. The first-order chi connectivity index (χ1) is 15.4. The van der Waals surface area contributed by atoms with Gasteiger partial charge in [0.2, 0.25) is 0 Å². The molecule has 0 fully saturated rings. The van der Waals surface area contributed by atoms with Crippen LogP contribution in [0.3, 0.4) is 0 Å². The number of hydrogen-bond acceptors (Lipinski definition) is 7. The second-order valence-corrected chi connectivity index (χ2v) is 6.77. The fourth-order valence-electron chi connectivity index (χ4n) is 2.68. The Balaban J connectivity index is 1.69. The summed E-state index contributed by atoms with van der Waals surface area (Å²) in [6, 6.07) is 15.5. The van der Waals surface area contributed by atoms with Gasteiger partial charge in [0, 0.05) is 5.56 Å². The van der Waals surface area contributed by atoms with Crippen molar-refractivity contribution in [2.75, 3.05) is 14.2 Å². The fraction of sp³-hybridized carbons (Fsp3) is 0.0870. The van der Waals surface area contributed by atoms with E-state index in [9.17, 15) is 14.7 Å². The summed E-state index contributed by atoms with van der Waals surface area (Å²) in [7, 11) is 2.82. The number of rotatable bonds is 7. The summed E-state index contributed by atoms with van der Waals surface area (Å²) in [6.07, 6.45) is 1.40. The number of ether oxygens (including phenoxy) is 3. The normalized spacial score (nSPS) is 10.6. The quantitative estimate of drug-likeness (QED) is 0.241. The average Bonchev–Trinajstić information content (AvgIpc) is 2.80. The largest absolute Gasteiger partial charge is 0.504 e. The molecule has 0 heterocycles. The van der Waals surface area contributed by atoms with E-state index >= 15 is 0 Å². The lowest BCUT2D eigenvalue weighted by Gasteiger charge is -2.10. The SMILES string of the molecule is COc1cc(C(=O)N/N=C\c2ccc(OC(=O)c3ccccc3Cl)c(OC)c2)ccc1O. The molecule has 3 aromatic carbocycles. The number of phenolic OH excluding ortho intramolecular Hbond substituents is 1. The molecule has 0 aliphatic rings. The van der Waals surface area contributed by atoms with Gasteiger partial charge in [-0.3, -0.25) is 4.79 Å². The number of nitrogens with zero attached hydrogens (tertiary/aromatic N) is 1. The number of halogens is 1. The van der Waals surface area contributed by atoms with Crippen LogP contribution in [0.2, 0.25) is 5.02 Å². The Morgan fingerprint density at radius 3 is 2.44 bits per heavy atom. The van der Waals surface area contributed by atoms with E-state index in [2.05, 4.69) is 10.5 Å². The molecule has 0 unspecified atom stereocenters. The first-order valence-corrected chi connectivity index (χ1v) is 9.66. The molecule has 32 heavy (non-hydrogen) atoms. The summed E-state index contributed by atoms with van der Waals surface area (Å²) in [6.45, 7) is 0. The molecule has 8 nitrogen and oxygen atoms in total. The molecule has 0 saturated heterocycles. The number of carbonyl (C=O) groups excluding carboxylic acids is 2. The first-order valence-electron chi connectivity index (χ1n) is 9.28. The summed E-state index contributed by atoms with van der Waals surface area (Å²) in [5.74, 6) is -0.509. The van der Waals surface area contributed by atoms with Crippen LogP contribution in [0.5, 0.6) is 23.0 Å². The van der Waals surface area contributed by atoms with Crippen LogP contribution in [0, 0.1) is 0 Å². The molecule has 0 saturated carbocycles. The Hall–Kier alpha value is -4.04. The van der Waals surface area contributed by atoms with Gasteiger partial charge in [-0.25, -0.2) is 10.2 Å². The number of methoxy groups -OCH3 is 2. The summed E-state index contributed by atoms with van der Waals surface area (Å²) in [5, 5.41) is 13.8. The number of hydrogen-bond donors (Lipinski definition) is 2. The molecule has 2 N–H and O–H groups in total. The molecular formula is C23H19ClN2O6. The van der Waals surface area contributed by atoms with Gasteiger partial charge in [0.1, 0.15) is 0 Å². The van der Waals surface area contributed by atoms with Crippen LogP contribution in [-0.2, 0) is 0 Å². The van der Waals surface area contributed by atoms with Crippen LogP contribution in [0.4, 0.5) is 0 Å². The molecule has 0 spiro atoms. The highest BCUT2D eigenvalue weighted by Crippen LogP contribution is 2.29. The van der Waals surface area contributed by atoms with E-state index < -0.39 is 11.9 Å². The smallest absolute Gasteiger partial charge is 0.345 e. The third-order valence-electron chi connectivity index (χ3n) is 4.31. The number of carbonyl (C=O) groups is 2. The molecule has 0 aliphatic heterocycles. The first kappa shape index (κ1) is 22.6. The summed E-state index contributed by atoms with van der Waals surface area (Å²) >= 11 is 6.03. The van der Waals surface area contributed by atoms with Gasteiger partial charge in [0.25, 0.3) is 5.91 Å². The number of phenols is 1. The molecule has 0 aliphatic carbocycles. The number of amides is 1. The van der Waals surface area contributed by atoms with Crippen LogP contribution in [-0.4, -0.2) is 37.4 Å². The van der Waals surface area contributed by atoms with Gasteiger partial charge in [-0.05, 0) is 54.1 Å². The van der Waals surface area contributed by atoms with Gasteiger partial charge >= 0.3 is 5.97 Å². The number of hydrazone groups is 1. The van der Waals surface area contributed by atoms with Gasteiger partial charge in [-0.1, -0.05) is 23.7 Å². The standard InChI is InChI=1S/C23H19ClN2O6/c1-30-20-12-15(8-9-18(20)27)22(28)26-25-13-14-7-10-19(21(11-14)31-2)32-23(29)16-5-3-4-6-17(16)24/h3-13,27H,1-2H3,(H,26,28)/b25-13-. The molecule has 9 heteroatoms. The Morgan fingerprint density at radius 2 is 1.72 bits per heavy atom. The van der Waals surface area contributed by atoms with Gasteiger partial charge in [-0.2, -0.15) is 5.10 Å². The molecule has 0 atom stereocenters. The summed E-state index contributed by atoms with van der Waals surface area (Å²) < 4.78 is 15.7. The van der Waals surface area contributed by atoms with E-state index in [4.69, 9.17) is 25.8 Å². The van der Waals surface area contributed by atoms with E-state index in [1.807, 2.05) is 0 Å². The second-order valence-electron chi connectivity index (χ2n) is 6.37. The average molecular weight is 455 g/mol. The molecule has 0 aromatic heterocycles. The van der Waals surface area contributed by atoms with Crippen molar-refractivity contribution < 1.29 is 28.9 Å². The predicted molar refractivity (Wildman–Crippen MR) is 119 cm³/mol. The number of benzene rings is 3. The van der Waals surface area contributed by atoms with E-state index in [0.717, 1.165) is 0 Å². The zero-order chi connectivity index (χ0) is 23.1. The Labute approximate surface area is 189 Å². The van der Waals surface area contributed by atoms with Crippen molar-refractivity contribution in [2.45, 2.75) is 0 Å². The van der Waals surface area contributed by atoms with Crippen LogP contribution in [0.15, 0.2) is 65.8 Å². The second kappa shape index (κ2) is 10.3. The van der Waals surface area contributed by atoms with Gasteiger partial charge < -0.3 is 19.3 Å². The molecule has 1 amide bonds. The minimum Gasteiger partial charge on any atom is -0.504 e. The highest BCUT2D eigenvalue weighted by Gasteiger charge is 2.15. The maximum absolute atomic E-state index is 12.4. The molecule has 164 valence electrons. The Bertz CT molecular complexity index is 1180. The van der Waals surface area contributed by atoms with Crippen molar-refractivity contribution in [2.24, 2.45) is 5.10 Å².